The molecule has 3 heteroatoms. The SMILES string of the molecule is c1ccc2c(c1)oc1ccc(-c3cc(-n4c5ccccc5c5cc(-c6ccc7c8ccccc8c8ccccc8c7c6)ccc54)cc4oc5ccccc5c34)cc12. The maximum absolute atomic E-state index is 6.66. The Balaban J connectivity index is 1.04. The van der Waals surface area contributed by atoms with E-state index < -0.39 is 0 Å². The van der Waals surface area contributed by atoms with Crippen molar-refractivity contribution in [3.05, 3.63) is 188 Å². The van der Waals surface area contributed by atoms with Gasteiger partial charge < -0.3 is 13.4 Å². The van der Waals surface area contributed by atoms with Crippen LogP contribution in [0.4, 0.5) is 0 Å². The van der Waals surface area contributed by atoms with Crippen molar-refractivity contribution < 1.29 is 8.83 Å². The first-order valence-electron chi connectivity index (χ1n) is 19.5. The number of hydrogen-bond acceptors (Lipinski definition) is 2. The Kier molecular flexibility index (Phi) is 6.16. The fraction of sp³-hybridized carbons (Fsp3) is 0. The van der Waals surface area contributed by atoms with Crippen molar-refractivity contribution >= 4 is 98.0 Å². The van der Waals surface area contributed by atoms with Crippen molar-refractivity contribution in [2.45, 2.75) is 0 Å². The van der Waals surface area contributed by atoms with Gasteiger partial charge in [0.2, 0.25) is 0 Å². The van der Waals surface area contributed by atoms with Gasteiger partial charge in [-0.3, -0.25) is 0 Å². The molecule has 0 aliphatic carbocycles. The number of fused-ring (bicyclic) bond motifs is 15. The predicted octanol–water partition coefficient (Wildman–Crippen LogP) is 15.4. The number of rotatable bonds is 3. The molecular weight excluding hydrogens is 695 g/mol. The number of aromatic nitrogens is 1. The molecule has 0 saturated heterocycles. The van der Waals surface area contributed by atoms with Gasteiger partial charge in [0, 0.05) is 38.4 Å². The van der Waals surface area contributed by atoms with Gasteiger partial charge in [0.1, 0.15) is 22.3 Å². The molecule has 57 heavy (non-hydrogen) atoms. The summed E-state index contributed by atoms with van der Waals surface area (Å²) in [5.74, 6) is 0. The third-order valence-electron chi connectivity index (χ3n) is 12.2. The molecule has 0 bridgehead atoms. The highest BCUT2D eigenvalue weighted by molar-refractivity contribution is 6.26. The second-order valence-electron chi connectivity index (χ2n) is 15.2. The third-order valence-corrected chi connectivity index (χ3v) is 12.2. The Labute approximate surface area is 326 Å². The van der Waals surface area contributed by atoms with Crippen molar-refractivity contribution in [1.29, 1.82) is 0 Å². The van der Waals surface area contributed by atoms with E-state index in [9.17, 15) is 0 Å². The van der Waals surface area contributed by atoms with E-state index in [-0.39, 0.29) is 0 Å². The standard InChI is InChI=1S/C54H31NO2/c1-2-13-38-36(11-1)37-12-3-4-14-39(37)45-27-32(21-24-40(38)45)33-22-25-49-46(28-33)41-15-5-8-18-48(41)55(49)35-30-44(54-43-17-7-10-20-51(43)57-53(54)31-35)34-23-26-52-47(29-34)42-16-6-9-19-50(42)56-52/h1-31H. The van der Waals surface area contributed by atoms with E-state index in [4.69, 9.17) is 8.83 Å². The maximum Gasteiger partial charge on any atom is 0.138 e. The number of para-hydroxylation sites is 3. The van der Waals surface area contributed by atoms with Gasteiger partial charge in [0.25, 0.3) is 0 Å². The van der Waals surface area contributed by atoms with Gasteiger partial charge in [-0.1, -0.05) is 127 Å². The molecule has 0 N–H and O–H groups in total. The van der Waals surface area contributed by atoms with E-state index in [0.29, 0.717) is 0 Å². The first-order valence-corrected chi connectivity index (χ1v) is 19.5. The molecule has 0 spiro atoms. The minimum atomic E-state index is 0.860. The zero-order valence-electron chi connectivity index (χ0n) is 30.7. The van der Waals surface area contributed by atoms with Crippen molar-refractivity contribution in [1.82, 2.24) is 4.57 Å². The summed E-state index contributed by atoms with van der Waals surface area (Å²) < 4.78 is 15.3. The van der Waals surface area contributed by atoms with Gasteiger partial charge in [0.15, 0.2) is 0 Å². The second kappa shape index (κ2) is 11.5. The highest BCUT2D eigenvalue weighted by Crippen LogP contribution is 2.44. The lowest BCUT2D eigenvalue weighted by Gasteiger charge is -2.13. The van der Waals surface area contributed by atoms with Crippen LogP contribution in [0.15, 0.2) is 197 Å². The molecular formula is C54H31NO2. The first-order chi connectivity index (χ1) is 28.2. The van der Waals surface area contributed by atoms with Crippen LogP contribution in [0.25, 0.3) is 126 Å². The smallest absolute Gasteiger partial charge is 0.138 e. The molecule has 0 saturated carbocycles. The fourth-order valence-electron chi connectivity index (χ4n) is 9.61. The molecule has 13 aromatic rings. The highest BCUT2D eigenvalue weighted by Gasteiger charge is 2.20. The topological polar surface area (TPSA) is 31.2 Å². The first kappa shape index (κ1) is 30.7. The fourth-order valence-corrected chi connectivity index (χ4v) is 9.61. The van der Waals surface area contributed by atoms with E-state index in [1.165, 1.54) is 54.2 Å². The minimum absolute atomic E-state index is 0.860. The summed E-state index contributed by atoms with van der Waals surface area (Å²) in [6.45, 7) is 0. The Bertz CT molecular complexity index is 3780. The van der Waals surface area contributed by atoms with Crippen LogP contribution < -0.4 is 0 Å². The van der Waals surface area contributed by atoms with Crippen LogP contribution >= 0.6 is 0 Å². The molecule has 0 aliphatic heterocycles. The van der Waals surface area contributed by atoms with E-state index in [2.05, 4.69) is 174 Å². The molecule has 0 fully saturated rings. The third kappa shape index (κ3) is 4.37. The van der Waals surface area contributed by atoms with Gasteiger partial charge in [-0.2, -0.15) is 0 Å². The van der Waals surface area contributed by atoms with Gasteiger partial charge in [-0.25, -0.2) is 0 Å². The maximum atomic E-state index is 6.66. The monoisotopic (exact) mass is 725 g/mol. The van der Waals surface area contributed by atoms with Crippen LogP contribution in [0.5, 0.6) is 0 Å². The van der Waals surface area contributed by atoms with Gasteiger partial charge in [-0.05, 0) is 109 Å². The Morgan fingerprint density at radius 1 is 0.281 bits per heavy atom. The van der Waals surface area contributed by atoms with Crippen LogP contribution in [0.3, 0.4) is 0 Å². The summed E-state index contributed by atoms with van der Waals surface area (Å²) in [5, 5.41) is 14.6. The Morgan fingerprint density at radius 2 is 0.772 bits per heavy atom. The summed E-state index contributed by atoms with van der Waals surface area (Å²) in [7, 11) is 0. The van der Waals surface area contributed by atoms with Crippen LogP contribution in [0.1, 0.15) is 0 Å². The largest absolute Gasteiger partial charge is 0.456 e. The summed E-state index contributed by atoms with van der Waals surface area (Å²) >= 11 is 0. The van der Waals surface area contributed by atoms with E-state index in [0.717, 1.165) is 71.7 Å². The number of benzene rings is 10. The molecule has 3 heterocycles. The van der Waals surface area contributed by atoms with Crippen molar-refractivity contribution in [3.63, 3.8) is 0 Å². The van der Waals surface area contributed by atoms with Gasteiger partial charge in [0.05, 0.1) is 16.7 Å². The van der Waals surface area contributed by atoms with E-state index in [1.807, 2.05) is 18.2 Å². The summed E-state index contributed by atoms with van der Waals surface area (Å²) in [5.41, 5.74) is 11.5. The van der Waals surface area contributed by atoms with E-state index >= 15 is 0 Å². The summed E-state index contributed by atoms with van der Waals surface area (Å²) in [6, 6.07) is 68.0. The van der Waals surface area contributed by atoms with Crippen LogP contribution in [0.2, 0.25) is 0 Å². The molecule has 0 amide bonds. The predicted molar refractivity (Wildman–Crippen MR) is 239 cm³/mol. The van der Waals surface area contributed by atoms with Crippen molar-refractivity contribution in [2.24, 2.45) is 0 Å². The second-order valence-corrected chi connectivity index (χ2v) is 15.2. The van der Waals surface area contributed by atoms with Crippen LogP contribution in [-0.4, -0.2) is 4.57 Å². The molecule has 0 aliphatic rings. The molecule has 264 valence electrons. The lowest BCUT2D eigenvalue weighted by atomic mass is 9.92. The average Bonchev–Trinajstić information content (AvgIpc) is 3.95. The van der Waals surface area contributed by atoms with Crippen LogP contribution in [0, 0.1) is 0 Å². The van der Waals surface area contributed by atoms with Crippen LogP contribution in [-0.2, 0) is 0 Å². The molecule has 0 unspecified atom stereocenters. The lowest BCUT2D eigenvalue weighted by Crippen LogP contribution is -1.95. The van der Waals surface area contributed by atoms with Crippen molar-refractivity contribution in [2.75, 3.05) is 0 Å². The molecule has 0 atom stereocenters. The Morgan fingerprint density at radius 3 is 1.53 bits per heavy atom. The summed E-state index contributed by atoms with van der Waals surface area (Å²) in [6.07, 6.45) is 0. The molecule has 10 aromatic carbocycles. The number of furan rings is 2. The number of nitrogens with zero attached hydrogens (tertiary/aromatic N) is 1. The lowest BCUT2D eigenvalue weighted by molar-refractivity contribution is 0.668. The van der Waals surface area contributed by atoms with Crippen molar-refractivity contribution in [3.8, 4) is 27.9 Å². The molecule has 13 rings (SSSR count). The number of hydrogen-bond donors (Lipinski definition) is 0. The molecule has 0 radical (unpaired) electrons. The zero-order chi connectivity index (χ0) is 37.2. The van der Waals surface area contributed by atoms with E-state index in [1.54, 1.807) is 0 Å². The normalized spacial score (nSPS) is 12.2. The summed E-state index contributed by atoms with van der Waals surface area (Å²) in [4.78, 5) is 0. The zero-order valence-corrected chi connectivity index (χ0v) is 30.7. The molecule has 3 aromatic heterocycles. The molecule has 3 nitrogen and oxygen atoms in total. The Hall–Kier alpha value is -7.62. The average molecular weight is 726 g/mol. The quantitative estimate of drug-likeness (QED) is 0.170. The van der Waals surface area contributed by atoms with Gasteiger partial charge >= 0.3 is 0 Å². The highest BCUT2D eigenvalue weighted by atomic mass is 16.3. The van der Waals surface area contributed by atoms with Gasteiger partial charge in [-0.15, -0.1) is 0 Å². The minimum Gasteiger partial charge on any atom is -0.456 e.